The molecule has 3 aliphatic rings. The highest BCUT2D eigenvalue weighted by molar-refractivity contribution is 6.01. The van der Waals surface area contributed by atoms with Gasteiger partial charge in [-0.3, -0.25) is 19.2 Å². The molecule has 38 heteroatoms. The smallest absolute Gasteiger partial charge is 0.260 e. The van der Waals surface area contributed by atoms with Crippen LogP contribution < -0.4 is 81.8 Å². The molecule has 3 fully saturated rings. The number of methoxy groups -OCH3 is 1. The number of aromatic nitrogens is 10. The van der Waals surface area contributed by atoms with Crippen LogP contribution in [0.25, 0.3) is 0 Å². The molecule has 9 heterocycles. The lowest BCUT2D eigenvalue weighted by Gasteiger charge is -2.29. The summed E-state index contributed by atoms with van der Waals surface area (Å²) >= 11 is 0. The van der Waals surface area contributed by atoms with E-state index < -0.39 is 23.3 Å². The Morgan fingerprint density at radius 1 is 0.387 bits per heavy atom. The standard InChI is InChI=1S/2C26H28FN5O3.C25H28FN7O2.C22H24FN7O2/c1-3-24(33)29-19-8-5-11-22(14-19)35-25-23(27)15-28-26(31-25)30-20-9-4-10-21(13-20)34-17-18-7-6-12-32(2)16-18;1-3-24(33)29-19-6-5-9-22(15-19)35-25-23(27)16-28-26(31-25)30-20-7-4-8-21(14-20)34-17-18-10-12-32(2)13-11-18;1-3-22(34)29-18-5-4-6-19(13-18)30-24-21(26)15-28-25(32-24)31-20-7-8-23(27-14-20)35-16-17-9-11-33(2)12-10-17;1-4-20(31)26-15-6-5-7-16(12-15)27-21-18(23)14-25-22(29-21)28-17-8-9-19(24-13-17)30(2)10-11-32-3/h3-5,8-11,13-15,18H,1,6-7,12,16-17H2,2H3,(H,29,33)(H,28,30,31);3-9,14-16,18H,1,10-13,17H2,2H3,(H,29,33)(H,28,30,31);3-8,13-15,17H,1,9-12,16H2,2H3,(H,29,34)(H2,28,30,31,32);4-9,12-14H,1,10-11H2,2-3H3,(H,26,31)(H2,25,27,28,29). The Balaban J connectivity index is 0.000000164. The van der Waals surface area contributed by atoms with E-state index in [-0.39, 0.29) is 70.8 Å². The van der Waals surface area contributed by atoms with Crippen molar-refractivity contribution >= 4 is 122 Å². The SMILES string of the molecule is C=CC(=O)Nc1cccc(Nc2nc(Nc3ccc(N(C)CCOC)nc3)ncc2F)c1.C=CC(=O)Nc1cccc(Nc2nc(Nc3ccc(OCC4CCN(C)CC4)nc3)ncc2F)c1.C=CC(=O)Nc1cccc(Oc2nc(Nc3cccc(OCC4CCCN(C)C4)c3)ncc2F)c1.C=CC(=O)Nc1cccc(Oc2nc(Nc3cccc(OCC4CCN(C)CC4)c3)ncc2F)c1. The van der Waals surface area contributed by atoms with E-state index in [1.807, 2.05) is 78.7 Å². The maximum Gasteiger partial charge on any atom is 0.260 e. The zero-order valence-corrected chi connectivity index (χ0v) is 76.4. The van der Waals surface area contributed by atoms with E-state index in [4.69, 9.17) is 28.4 Å². The predicted octanol–water partition coefficient (Wildman–Crippen LogP) is 18.0. The third kappa shape index (κ3) is 33.0. The number of amides is 4. The second kappa shape index (κ2) is 51.3. The first-order valence-electron chi connectivity index (χ1n) is 43.9. The summed E-state index contributed by atoms with van der Waals surface area (Å²) < 4.78 is 91.5. The van der Waals surface area contributed by atoms with Gasteiger partial charge in [-0.2, -0.15) is 28.7 Å². The summed E-state index contributed by atoms with van der Waals surface area (Å²) in [5.74, 6) is 1.18. The van der Waals surface area contributed by atoms with Crippen LogP contribution in [0.2, 0.25) is 0 Å². The normalized spacial score (nSPS) is 13.7. The molecule has 6 aromatic carbocycles. The molecule has 0 bridgehead atoms. The van der Waals surface area contributed by atoms with Crippen molar-refractivity contribution in [2.75, 3.05) is 166 Å². The Morgan fingerprint density at radius 3 is 1.16 bits per heavy atom. The number of nitrogens with zero attached hydrogens (tertiary/aromatic N) is 14. The number of piperidine rings is 3. The maximum atomic E-state index is 14.3. The van der Waals surface area contributed by atoms with Gasteiger partial charge in [0.05, 0.1) is 75.0 Å². The summed E-state index contributed by atoms with van der Waals surface area (Å²) in [4.78, 5) is 96.4. The van der Waals surface area contributed by atoms with Crippen LogP contribution in [0, 0.1) is 41.0 Å². The number of hydrogen-bond acceptors (Lipinski definition) is 30. The first-order valence-corrected chi connectivity index (χ1v) is 43.9. The average molecular weight is 1870 g/mol. The minimum Gasteiger partial charge on any atom is -0.493 e. The van der Waals surface area contributed by atoms with E-state index in [9.17, 15) is 36.7 Å². The number of hydrogen-bond donors (Lipinski definition) is 10. The highest BCUT2D eigenvalue weighted by atomic mass is 19.1. The van der Waals surface area contributed by atoms with Crippen molar-refractivity contribution in [3.63, 3.8) is 0 Å². The summed E-state index contributed by atoms with van der Waals surface area (Å²) in [5, 5.41) is 28.5. The molecule has 137 heavy (non-hydrogen) atoms. The molecule has 0 radical (unpaired) electrons. The number of benzene rings is 6. The van der Waals surface area contributed by atoms with Gasteiger partial charge in [0.2, 0.25) is 64.9 Å². The van der Waals surface area contributed by atoms with Crippen molar-refractivity contribution in [3.05, 3.63) is 281 Å². The van der Waals surface area contributed by atoms with Crippen LogP contribution in [-0.4, -0.2) is 196 Å². The van der Waals surface area contributed by atoms with E-state index in [1.54, 1.807) is 123 Å². The highest BCUT2D eigenvalue weighted by Crippen LogP contribution is 2.34. The zero-order chi connectivity index (χ0) is 96.8. The quantitative estimate of drug-likeness (QED) is 0.0128. The van der Waals surface area contributed by atoms with Crippen LogP contribution >= 0.6 is 0 Å². The number of carbonyl (C=O) groups is 4. The van der Waals surface area contributed by atoms with Crippen molar-refractivity contribution in [2.45, 2.75) is 38.5 Å². The van der Waals surface area contributed by atoms with Crippen LogP contribution in [0.3, 0.4) is 0 Å². The molecule has 0 spiro atoms. The number of likely N-dealkylation sites (tertiary alicyclic amines) is 3. The Morgan fingerprint density at radius 2 is 0.752 bits per heavy atom. The van der Waals surface area contributed by atoms with E-state index >= 15 is 0 Å². The van der Waals surface area contributed by atoms with Gasteiger partial charge in [0, 0.05) is 109 Å². The molecule has 712 valence electrons. The number of halogens is 4. The van der Waals surface area contributed by atoms with Crippen molar-refractivity contribution in [2.24, 2.45) is 17.8 Å². The summed E-state index contributed by atoms with van der Waals surface area (Å²) in [6.07, 6.45) is 19.0. The Hall–Kier alpha value is -16.1. The monoisotopic (exact) mass is 1870 g/mol. The number of anilines is 17. The first-order chi connectivity index (χ1) is 66.4. The fourth-order valence-corrected chi connectivity index (χ4v) is 13.8. The Labute approximate surface area is 791 Å². The minimum absolute atomic E-state index is 0.0132. The Kier molecular flexibility index (Phi) is 37.4. The summed E-state index contributed by atoms with van der Waals surface area (Å²) in [6, 6.07) is 48.9. The second-order valence-electron chi connectivity index (χ2n) is 31.9. The molecule has 4 amide bonds. The third-order valence-electron chi connectivity index (χ3n) is 21.1. The molecular weight excluding hydrogens is 1760 g/mol. The van der Waals surface area contributed by atoms with Gasteiger partial charge in [0.1, 0.15) is 28.8 Å². The molecule has 3 aliphatic heterocycles. The lowest BCUT2D eigenvalue weighted by atomic mass is 9.98. The van der Waals surface area contributed by atoms with Gasteiger partial charge in [-0.1, -0.05) is 62.7 Å². The molecule has 3 saturated heterocycles. The van der Waals surface area contributed by atoms with Crippen molar-refractivity contribution in [3.8, 4) is 40.6 Å². The maximum absolute atomic E-state index is 14.3. The number of pyridine rings is 2. The highest BCUT2D eigenvalue weighted by Gasteiger charge is 2.23. The van der Waals surface area contributed by atoms with Gasteiger partial charge in [-0.05, 0) is 232 Å². The summed E-state index contributed by atoms with van der Waals surface area (Å²) in [6.45, 7) is 23.5. The Bertz CT molecular complexity index is 6060. The lowest BCUT2D eigenvalue weighted by molar-refractivity contribution is -0.112. The number of nitrogens with one attached hydrogen (secondary N) is 10. The lowest BCUT2D eigenvalue weighted by Crippen LogP contribution is -2.34. The van der Waals surface area contributed by atoms with Crippen molar-refractivity contribution < 1.29 is 65.2 Å². The molecule has 6 aromatic heterocycles. The van der Waals surface area contributed by atoms with Crippen LogP contribution in [0.4, 0.5) is 116 Å². The first kappa shape index (κ1) is 99.9. The van der Waals surface area contributed by atoms with E-state index in [0.717, 1.165) is 126 Å². The zero-order valence-electron chi connectivity index (χ0n) is 76.4. The molecule has 34 nitrogen and oxygen atoms in total. The molecule has 15 rings (SSSR count). The van der Waals surface area contributed by atoms with Gasteiger partial charge >= 0.3 is 0 Å². The molecule has 10 N–H and O–H groups in total. The molecule has 1 unspecified atom stereocenters. The summed E-state index contributed by atoms with van der Waals surface area (Å²) in [5.41, 5.74) is 5.83. The molecule has 1 atom stereocenters. The molecule has 12 aromatic rings. The van der Waals surface area contributed by atoms with E-state index in [2.05, 4.69) is 165 Å². The van der Waals surface area contributed by atoms with E-state index in [1.165, 1.54) is 18.6 Å². The third-order valence-corrected chi connectivity index (χ3v) is 21.1. The van der Waals surface area contributed by atoms with Crippen LogP contribution in [0.15, 0.2) is 258 Å². The van der Waals surface area contributed by atoms with Gasteiger partial charge in [-0.15, -0.1) is 0 Å². The van der Waals surface area contributed by atoms with Crippen LogP contribution in [0.1, 0.15) is 38.5 Å². The summed E-state index contributed by atoms with van der Waals surface area (Å²) in [7, 11) is 9.98. The van der Waals surface area contributed by atoms with Crippen LogP contribution in [-0.2, 0) is 23.9 Å². The molecule has 0 aliphatic carbocycles. The topological polar surface area (TPSA) is 386 Å². The second-order valence-corrected chi connectivity index (χ2v) is 31.9. The fourth-order valence-electron chi connectivity index (χ4n) is 13.8. The van der Waals surface area contributed by atoms with Crippen molar-refractivity contribution in [1.29, 1.82) is 0 Å². The fraction of sp³-hybridized carbons (Fsp3) is 0.253. The number of carbonyl (C=O) groups excluding carboxylic acids is 4. The minimum atomic E-state index is -0.717. The van der Waals surface area contributed by atoms with E-state index in [0.29, 0.717) is 125 Å². The average Bonchev–Trinajstić information content (AvgIpc) is 0.845. The largest absolute Gasteiger partial charge is 0.493 e. The van der Waals surface area contributed by atoms with Gasteiger partial charge in [0.15, 0.2) is 23.3 Å². The molecular formula is C99H108F4N24O10. The van der Waals surface area contributed by atoms with Crippen molar-refractivity contribution in [1.82, 2.24) is 64.5 Å². The van der Waals surface area contributed by atoms with Gasteiger partial charge in [-0.25, -0.2) is 38.7 Å². The van der Waals surface area contributed by atoms with Crippen LogP contribution in [0.5, 0.6) is 40.6 Å². The predicted molar refractivity (Wildman–Crippen MR) is 523 cm³/mol. The number of likely N-dealkylation sites (N-methyl/N-ethyl adjacent to an activating group) is 1. The van der Waals surface area contributed by atoms with Gasteiger partial charge in [0.25, 0.3) is 11.8 Å². The number of ether oxygens (including phenoxy) is 6. The number of rotatable bonds is 37. The molecule has 0 saturated carbocycles. The van der Waals surface area contributed by atoms with Gasteiger partial charge < -0.3 is 101 Å².